The molecule has 0 saturated carbocycles. The summed E-state index contributed by atoms with van der Waals surface area (Å²) in [6.45, 7) is -2.31. The zero-order valence-electron chi connectivity index (χ0n) is 10.0. The number of alkyl halides is 2. The van der Waals surface area contributed by atoms with Gasteiger partial charge >= 0.3 is 0 Å². The van der Waals surface area contributed by atoms with Gasteiger partial charge in [-0.15, -0.1) is 0 Å². The van der Waals surface area contributed by atoms with Crippen LogP contribution < -0.4 is 10.1 Å². The van der Waals surface area contributed by atoms with Crippen molar-refractivity contribution in [3.63, 3.8) is 0 Å². The van der Waals surface area contributed by atoms with Crippen molar-refractivity contribution < 1.29 is 27.8 Å². The fourth-order valence-corrected chi connectivity index (χ4v) is 1.19. The molecule has 19 heavy (non-hydrogen) atoms. The highest BCUT2D eigenvalue weighted by Crippen LogP contribution is 2.12. The maximum absolute atomic E-state index is 12.8. The van der Waals surface area contributed by atoms with Gasteiger partial charge < -0.3 is 15.2 Å². The quantitative estimate of drug-likeness (QED) is 0.790. The summed E-state index contributed by atoms with van der Waals surface area (Å²) >= 11 is 0. The van der Waals surface area contributed by atoms with Crippen LogP contribution in [0.3, 0.4) is 0 Å². The molecule has 0 saturated heterocycles. The third kappa shape index (κ3) is 6.10. The lowest BCUT2D eigenvalue weighted by atomic mass is 10.3. The molecule has 1 aromatic rings. The first-order valence-electron chi connectivity index (χ1n) is 5.57. The summed E-state index contributed by atoms with van der Waals surface area (Å²) in [6.07, 6.45) is -0.141. The van der Waals surface area contributed by atoms with Crippen LogP contribution >= 0.6 is 0 Å². The first-order valence-corrected chi connectivity index (χ1v) is 5.57. The number of hydrogen-bond donors (Lipinski definition) is 2. The third-order valence-corrected chi connectivity index (χ3v) is 2.17. The average Bonchev–Trinajstić information content (AvgIpc) is 2.37. The Morgan fingerprint density at radius 2 is 2.16 bits per heavy atom. The number of amides is 1. The number of aliphatic hydroxyl groups excluding tert-OH is 1. The van der Waals surface area contributed by atoms with Crippen molar-refractivity contribution in [2.24, 2.45) is 0 Å². The minimum Gasteiger partial charge on any atom is -0.493 e. The molecule has 0 unspecified atom stereocenters. The average molecular weight is 277 g/mol. The van der Waals surface area contributed by atoms with Crippen LogP contribution in [0.5, 0.6) is 5.75 Å². The minimum atomic E-state index is -3.33. The molecule has 0 aliphatic rings. The minimum absolute atomic E-state index is 0.0556. The smallest absolute Gasteiger partial charge is 0.287 e. The number of nitrogens with one attached hydrogen (secondary N) is 1. The van der Waals surface area contributed by atoms with E-state index >= 15 is 0 Å². The van der Waals surface area contributed by atoms with Gasteiger partial charge in [-0.1, -0.05) is 6.07 Å². The van der Waals surface area contributed by atoms with Crippen LogP contribution in [0.15, 0.2) is 24.3 Å². The van der Waals surface area contributed by atoms with E-state index in [1.54, 1.807) is 0 Å². The van der Waals surface area contributed by atoms with E-state index in [-0.39, 0.29) is 18.8 Å². The summed E-state index contributed by atoms with van der Waals surface area (Å²) in [5, 5.41) is 10.3. The fourth-order valence-electron chi connectivity index (χ4n) is 1.19. The number of aliphatic hydroxyl groups is 1. The predicted octanol–water partition coefficient (Wildman–Crippen LogP) is 1.34. The number of carbonyl (C=O) groups is 1. The van der Waals surface area contributed by atoms with Crippen LogP contribution in [-0.4, -0.2) is 36.7 Å². The van der Waals surface area contributed by atoms with E-state index in [1.807, 2.05) is 5.32 Å². The zero-order chi connectivity index (χ0) is 14.3. The van der Waals surface area contributed by atoms with Crippen molar-refractivity contribution >= 4 is 5.91 Å². The number of hydrogen-bond acceptors (Lipinski definition) is 3. The van der Waals surface area contributed by atoms with E-state index in [4.69, 9.17) is 9.84 Å². The Morgan fingerprint density at radius 3 is 2.79 bits per heavy atom. The first kappa shape index (κ1) is 15.3. The highest BCUT2D eigenvalue weighted by Gasteiger charge is 2.27. The van der Waals surface area contributed by atoms with Crippen LogP contribution in [0.2, 0.25) is 0 Å². The van der Waals surface area contributed by atoms with E-state index in [1.165, 1.54) is 18.2 Å². The molecule has 1 aromatic carbocycles. The molecule has 0 spiro atoms. The Morgan fingerprint density at radius 1 is 1.42 bits per heavy atom. The number of halogens is 3. The molecule has 7 heteroatoms. The van der Waals surface area contributed by atoms with Gasteiger partial charge in [0.05, 0.1) is 19.6 Å². The molecule has 1 rings (SSSR count). The lowest BCUT2D eigenvalue weighted by Gasteiger charge is -2.14. The van der Waals surface area contributed by atoms with Crippen molar-refractivity contribution in [2.75, 3.05) is 19.8 Å². The lowest BCUT2D eigenvalue weighted by molar-refractivity contribution is -0.124. The van der Waals surface area contributed by atoms with Gasteiger partial charge in [0.2, 0.25) is 5.91 Å². The molecule has 0 aliphatic heterocycles. The van der Waals surface area contributed by atoms with Crippen LogP contribution in [0, 0.1) is 5.82 Å². The predicted molar refractivity (Wildman–Crippen MR) is 61.6 cm³/mol. The summed E-state index contributed by atoms with van der Waals surface area (Å²) in [7, 11) is 0. The second kappa shape index (κ2) is 6.98. The van der Waals surface area contributed by atoms with Gasteiger partial charge in [-0.2, -0.15) is 0 Å². The van der Waals surface area contributed by atoms with Gasteiger partial charge in [0, 0.05) is 6.07 Å². The van der Waals surface area contributed by atoms with Crippen molar-refractivity contribution in [3.8, 4) is 5.75 Å². The van der Waals surface area contributed by atoms with E-state index in [9.17, 15) is 18.0 Å². The summed E-state index contributed by atoms with van der Waals surface area (Å²) in [5.41, 5.74) is 0. The summed E-state index contributed by atoms with van der Waals surface area (Å²) in [6, 6.07) is 5.36. The number of rotatable bonds is 7. The van der Waals surface area contributed by atoms with E-state index in [2.05, 4.69) is 0 Å². The van der Waals surface area contributed by atoms with Crippen LogP contribution in [0.1, 0.15) is 6.42 Å². The Bertz CT molecular complexity index is 426. The van der Waals surface area contributed by atoms with Gasteiger partial charge in [0.1, 0.15) is 18.2 Å². The molecule has 0 aliphatic carbocycles. The number of carbonyl (C=O) groups excluding carboxylic acids is 1. The molecule has 0 bridgehead atoms. The molecule has 2 N–H and O–H groups in total. The molecule has 1 amide bonds. The molecular weight excluding hydrogens is 263 g/mol. The Labute approximate surface area is 108 Å². The van der Waals surface area contributed by atoms with Crippen LogP contribution in [0.25, 0.3) is 0 Å². The van der Waals surface area contributed by atoms with Gasteiger partial charge in [0.15, 0.2) is 0 Å². The highest BCUT2D eigenvalue weighted by molar-refractivity contribution is 5.76. The standard InChI is InChI=1S/C12H14F3NO3/c13-9-2-1-3-10(6-9)19-5-4-11(18)16-7-12(14,15)8-17/h1-3,6,17H,4-5,7-8H2,(H,16,18). The van der Waals surface area contributed by atoms with Gasteiger partial charge in [-0.3, -0.25) is 4.79 Å². The Balaban J connectivity index is 2.24. The van der Waals surface area contributed by atoms with E-state index < -0.39 is 30.8 Å². The normalized spacial score (nSPS) is 11.2. The summed E-state index contributed by atoms with van der Waals surface area (Å²) < 4.78 is 43.1. The number of benzene rings is 1. The van der Waals surface area contributed by atoms with Gasteiger partial charge in [-0.25, -0.2) is 13.2 Å². The van der Waals surface area contributed by atoms with Crippen molar-refractivity contribution in [1.29, 1.82) is 0 Å². The molecule has 0 radical (unpaired) electrons. The first-order chi connectivity index (χ1) is 8.93. The van der Waals surface area contributed by atoms with Crippen molar-refractivity contribution in [2.45, 2.75) is 12.3 Å². The van der Waals surface area contributed by atoms with Crippen molar-refractivity contribution in [1.82, 2.24) is 5.32 Å². The topological polar surface area (TPSA) is 58.6 Å². The maximum atomic E-state index is 12.8. The SMILES string of the molecule is O=C(CCOc1cccc(F)c1)NCC(F)(F)CO. The van der Waals surface area contributed by atoms with E-state index in [0.29, 0.717) is 0 Å². The summed E-state index contributed by atoms with van der Waals surface area (Å²) in [4.78, 5) is 11.2. The van der Waals surface area contributed by atoms with Crippen molar-refractivity contribution in [3.05, 3.63) is 30.1 Å². The second-order valence-corrected chi connectivity index (χ2v) is 3.85. The molecule has 0 aromatic heterocycles. The Kier molecular flexibility index (Phi) is 5.62. The van der Waals surface area contributed by atoms with Gasteiger partial charge in [0.25, 0.3) is 5.92 Å². The fraction of sp³-hybridized carbons (Fsp3) is 0.417. The Hall–Kier alpha value is -1.76. The zero-order valence-corrected chi connectivity index (χ0v) is 10.0. The monoisotopic (exact) mass is 277 g/mol. The van der Waals surface area contributed by atoms with E-state index in [0.717, 1.165) is 6.07 Å². The van der Waals surface area contributed by atoms with Crippen LogP contribution in [0.4, 0.5) is 13.2 Å². The molecular formula is C12H14F3NO3. The number of ether oxygens (including phenoxy) is 1. The van der Waals surface area contributed by atoms with Gasteiger partial charge in [-0.05, 0) is 12.1 Å². The lowest BCUT2D eigenvalue weighted by Crippen LogP contribution is -2.39. The maximum Gasteiger partial charge on any atom is 0.287 e. The molecule has 0 atom stereocenters. The molecule has 0 heterocycles. The summed E-state index contributed by atoms with van der Waals surface area (Å²) in [5.74, 6) is -4.18. The second-order valence-electron chi connectivity index (χ2n) is 3.85. The third-order valence-electron chi connectivity index (χ3n) is 2.17. The molecule has 4 nitrogen and oxygen atoms in total. The van der Waals surface area contributed by atoms with Crippen LogP contribution in [-0.2, 0) is 4.79 Å². The molecule has 0 fully saturated rings. The molecule has 106 valence electrons. The highest BCUT2D eigenvalue weighted by atomic mass is 19.3. The largest absolute Gasteiger partial charge is 0.493 e.